The quantitative estimate of drug-likeness (QED) is 0.738. The van der Waals surface area contributed by atoms with Crippen LogP contribution < -0.4 is 5.56 Å². The number of nitrogens with zero attached hydrogens (tertiary/aromatic N) is 2. The van der Waals surface area contributed by atoms with Crippen molar-refractivity contribution >= 4 is 45.1 Å². The molecule has 1 aliphatic rings. The van der Waals surface area contributed by atoms with Gasteiger partial charge in [0.05, 0.1) is 11.9 Å². The Morgan fingerprint density at radius 2 is 2.35 bits per heavy atom. The number of nitrogens with one attached hydrogen (secondary N) is 1. The summed E-state index contributed by atoms with van der Waals surface area (Å²) in [6.07, 6.45) is 4.99. The molecule has 0 fully saturated rings. The summed E-state index contributed by atoms with van der Waals surface area (Å²) >= 11 is 8.56. The molecular weight excluding hydrogens is 310 g/mol. The van der Waals surface area contributed by atoms with Gasteiger partial charge in [-0.3, -0.25) is 9.36 Å². The molecule has 20 heavy (non-hydrogen) atoms. The number of H-pyrrole nitrogens is 1. The van der Waals surface area contributed by atoms with Gasteiger partial charge in [0.25, 0.3) is 5.56 Å². The Hall–Kier alpha value is -1.31. The van der Waals surface area contributed by atoms with Crippen molar-refractivity contribution in [1.29, 1.82) is 0 Å². The summed E-state index contributed by atoms with van der Waals surface area (Å²) in [7, 11) is 0. The van der Waals surface area contributed by atoms with Gasteiger partial charge in [-0.1, -0.05) is 0 Å². The second-order valence-electron chi connectivity index (χ2n) is 4.81. The molecule has 0 amide bonds. The normalized spacial score (nSPS) is 14.0. The van der Waals surface area contributed by atoms with E-state index in [2.05, 4.69) is 9.97 Å². The molecule has 102 valence electrons. The molecule has 4 nitrogen and oxygen atoms in total. The van der Waals surface area contributed by atoms with Crippen LogP contribution in [0.2, 0.25) is 0 Å². The third kappa shape index (κ3) is 1.81. The number of rotatable bonds is 2. The van der Waals surface area contributed by atoms with E-state index in [1.165, 1.54) is 21.8 Å². The van der Waals surface area contributed by atoms with Gasteiger partial charge < -0.3 is 4.98 Å². The van der Waals surface area contributed by atoms with Gasteiger partial charge in [0.1, 0.15) is 9.84 Å². The van der Waals surface area contributed by atoms with Crippen molar-refractivity contribution in [3.8, 4) is 0 Å². The van der Waals surface area contributed by atoms with E-state index in [1.54, 1.807) is 22.1 Å². The van der Waals surface area contributed by atoms with E-state index in [4.69, 9.17) is 12.2 Å². The standard InChI is InChI=1S/C13H11N3OS3/c17-12-10-7-2-1-3-8(7)20-11(10)15-13(18)16(12)6-9-14-4-5-19-9/h4-5H,1-3,6H2,(H,15,18). The number of thiazole rings is 1. The molecule has 0 bridgehead atoms. The number of thiophene rings is 1. The topological polar surface area (TPSA) is 50.7 Å². The van der Waals surface area contributed by atoms with Crippen LogP contribution in [0, 0.1) is 4.77 Å². The summed E-state index contributed by atoms with van der Waals surface area (Å²) in [5.74, 6) is 0. The second kappa shape index (κ2) is 4.61. The van der Waals surface area contributed by atoms with Gasteiger partial charge in [-0.2, -0.15) is 0 Å². The Bertz CT molecular complexity index is 901. The monoisotopic (exact) mass is 321 g/mol. The molecule has 3 aromatic heterocycles. The van der Waals surface area contributed by atoms with Crippen LogP contribution in [-0.4, -0.2) is 14.5 Å². The van der Waals surface area contributed by atoms with E-state index in [-0.39, 0.29) is 5.56 Å². The number of hydrogen-bond donors (Lipinski definition) is 1. The highest BCUT2D eigenvalue weighted by Gasteiger charge is 2.21. The molecule has 0 aromatic carbocycles. The van der Waals surface area contributed by atoms with Crippen molar-refractivity contribution in [3.05, 3.63) is 42.1 Å². The van der Waals surface area contributed by atoms with E-state index >= 15 is 0 Å². The molecule has 0 radical (unpaired) electrons. The van der Waals surface area contributed by atoms with Crippen molar-refractivity contribution in [2.45, 2.75) is 25.8 Å². The Kier molecular flexibility index (Phi) is 2.87. The van der Waals surface area contributed by atoms with Crippen LogP contribution in [-0.2, 0) is 19.4 Å². The molecule has 1 aliphatic carbocycles. The van der Waals surface area contributed by atoms with Crippen LogP contribution in [0.25, 0.3) is 10.2 Å². The molecule has 3 heterocycles. The van der Waals surface area contributed by atoms with E-state index in [0.29, 0.717) is 11.3 Å². The number of aryl methyl sites for hydroxylation is 2. The fourth-order valence-electron chi connectivity index (χ4n) is 2.72. The number of hydrogen-bond acceptors (Lipinski definition) is 5. The molecule has 0 atom stereocenters. The first-order chi connectivity index (χ1) is 9.74. The molecular formula is C13H11N3OS3. The zero-order valence-corrected chi connectivity index (χ0v) is 13.0. The maximum absolute atomic E-state index is 12.8. The molecule has 0 spiro atoms. The third-order valence-electron chi connectivity index (χ3n) is 3.62. The molecule has 7 heteroatoms. The molecule has 0 saturated carbocycles. The first-order valence-electron chi connectivity index (χ1n) is 6.40. The van der Waals surface area contributed by atoms with Crippen LogP contribution in [0.15, 0.2) is 16.4 Å². The number of fused-ring (bicyclic) bond motifs is 3. The van der Waals surface area contributed by atoms with Crippen LogP contribution in [0.3, 0.4) is 0 Å². The summed E-state index contributed by atoms with van der Waals surface area (Å²) in [5.41, 5.74) is 1.26. The van der Waals surface area contributed by atoms with Crippen molar-refractivity contribution in [3.63, 3.8) is 0 Å². The smallest absolute Gasteiger partial charge is 0.263 e. The Balaban J connectivity index is 1.97. The predicted octanol–water partition coefficient (Wildman–Crippen LogP) is 3.11. The minimum Gasteiger partial charge on any atom is -0.323 e. The third-order valence-corrected chi connectivity index (χ3v) is 5.92. The lowest BCUT2D eigenvalue weighted by atomic mass is 10.2. The maximum Gasteiger partial charge on any atom is 0.263 e. The minimum atomic E-state index is 0.0263. The van der Waals surface area contributed by atoms with Crippen molar-refractivity contribution < 1.29 is 0 Å². The number of aromatic amines is 1. The van der Waals surface area contributed by atoms with Gasteiger partial charge in [0.2, 0.25) is 0 Å². The van der Waals surface area contributed by atoms with Crippen molar-refractivity contribution in [1.82, 2.24) is 14.5 Å². The van der Waals surface area contributed by atoms with Crippen LogP contribution in [0.5, 0.6) is 0 Å². The minimum absolute atomic E-state index is 0.0263. The predicted molar refractivity (Wildman–Crippen MR) is 84.5 cm³/mol. The Labute approximate surface area is 127 Å². The lowest BCUT2D eigenvalue weighted by Crippen LogP contribution is -2.22. The van der Waals surface area contributed by atoms with Crippen molar-refractivity contribution in [2.75, 3.05) is 0 Å². The molecule has 0 aliphatic heterocycles. The van der Waals surface area contributed by atoms with Gasteiger partial charge >= 0.3 is 0 Å². The SMILES string of the molecule is O=c1c2c3c(sc2[nH]c(=S)n1Cc1nccs1)CCC3. The second-order valence-corrected chi connectivity index (χ2v) is 7.28. The fraction of sp³-hybridized carbons (Fsp3) is 0.308. The summed E-state index contributed by atoms with van der Waals surface area (Å²) < 4.78 is 2.11. The van der Waals surface area contributed by atoms with Crippen molar-refractivity contribution in [2.24, 2.45) is 0 Å². The first-order valence-corrected chi connectivity index (χ1v) is 8.50. The van der Waals surface area contributed by atoms with E-state index in [1.807, 2.05) is 5.38 Å². The van der Waals surface area contributed by atoms with Gasteiger partial charge in [-0.15, -0.1) is 22.7 Å². The Morgan fingerprint density at radius 1 is 1.45 bits per heavy atom. The van der Waals surface area contributed by atoms with Gasteiger partial charge in [0.15, 0.2) is 4.77 Å². The summed E-state index contributed by atoms with van der Waals surface area (Å²) in [4.78, 5) is 22.5. The molecule has 1 N–H and O–H groups in total. The Morgan fingerprint density at radius 3 is 3.15 bits per heavy atom. The highest BCUT2D eigenvalue weighted by atomic mass is 32.1. The lowest BCUT2D eigenvalue weighted by Gasteiger charge is -2.04. The summed E-state index contributed by atoms with van der Waals surface area (Å²) in [6, 6.07) is 0. The van der Waals surface area contributed by atoms with Crippen LogP contribution >= 0.6 is 34.9 Å². The first kappa shape index (κ1) is 12.4. The van der Waals surface area contributed by atoms with Gasteiger partial charge in [-0.25, -0.2) is 4.98 Å². The average Bonchev–Trinajstić information content (AvgIpc) is 3.09. The lowest BCUT2D eigenvalue weighted by molar-refractivity contribution is 0.730. The largest absolute Gasteiger partial charge is 0.323 e. The summed E-state index contributed by atoms with van der Waals surface area (Å²) in [5, 5.41) is 3.65. The maximum atomic E-state index is 12.8. The number of aromatic nitrogens is 3. The molecule has 4 rings (SSSR count). The molecule has 3 aromatic rings. The zero-order valence-electron chi connectivity index (χ0n) is 10.5. The zero-order chi connectivity index (χ0) is 13.7. The highest BCUT2D eigenvalue weighted by Crippen LogP contribution is 2.34. The van der Waals surface area contributed by atoms with Gasteiger partial charge in [-0.05, 0) is 37.0 Å². The summed E-state index contributed by atoms with van der Waals surface area (Å²) in [6.45, 7) is 0.451. The fourth-order valence-corrected chi connectivity index (χ4v) is 4.92. The van der Waals surface area contributed by atoms with E-state index in [9.17, 15) is 4.79 Å². The molecule has 0 unspecified atom stereocenters. The average molecular weight is 321 g/mol. The van der Waals surface area contributed by atoms with E-state index in [0.717, 1.165) is 34.5 Å². The van der Waals surface area contributed by atoms with Gasteiger partial charge in [0, 0.05) is 16.5 Å². The van der Waals surface area contributed by atoms with Crippen LogP contribution in [0.1, 0.15) is 21.9 Å². The van der Waals surface area contributed by atoms with E-state index < -0.39 is 0 Å². The molecule has 0 saturated heterocycles. The highest BCUT2D eigenvalue weighted by molar-refractivity contribution is 7.71. The van der Waals surface area contributed by atoms with Crippen LogP contribution in [0.4, 0.5) is 0 Å².